The Morgan fingerprint density at radius 1 is 0.947 bits per heavy atom. The van der Waals surface area contributed by atoms with E-state index in [2.05, 4.69) is 20.2 Å². The fourth-order valence-corrected chi connectivity index (χ4v) is 3.54. The predicted molar refractivity (Wildman–Crippen MR) is 123 cm³/mol. The number of amides is 1. The Labute approximate surface area is 216 Å². The molecule has 2 heterocycles. The third-order valence-corrected chi connectivity index (χ3v) is 5.50. The molecule has 0 radical (unpaired) electrons. The van der Waals surface area contributed by atoms with Gasteiger partial charge in [-0.05, 0) is 36.8 Å². The first-order valence-electron chi connectivity index (χ1n) is 10.8. The van der Waals surface area contributed by atoms with E-state index in [0.717, 1.165) is 10.5 Å². The number of aromatic nitrogens is 4. The zero-order chi connectivity index (χ0) is 27.7. The lowest BCUT2D eigenvalue weighted by molar-refractivity contribution is -0.143. The summed E-state index contributed by atoms with van der Waals surface area (Å²) in [5.74, 6) is -0.964. The van der Waals surface area contributed by atoms with Crippen molar-refractivity contribution in [3.8, 4) is 11.7 Å². The van der Waals surface area contributed by atoms with Crippen molar-refractivity contribution in [2.75, 3.05) is 4.90 Å². The van der Waals surface area contributed by atoms with E-state index in [-0.39, 0.29) is 35.2 Å². The van der Waals surface area contributed by atoms with Gasteiger partial charge >= 0.3 is 12.4 Å². The molecule has 198 valence electrons. The third-order valence-electron chi connectivity index (χ3n) is 5.30. The van der Waals surface area contributed by atoms with Crippen LogP contribution in [0.3, 0.4) is 0 Å². The van der Waals surface area contributed by atoms with Crippen LogP contribution in [-0.4, -0.2) is 26.1 Å². The lowest BCUT2D eigenvalue weighted by Gasteiger charge is -2.23. The Kier molecular flexibility index (Phi) is 7.40. The number of anilines is 1. The van der Waals surface area contributed by atoms with E-state index in [1.807, 2.05) is 0 Å². The normalized spacial score (nSPS) is 12.0. The summed E-state index contributed by atoms with van der Waals surface area (Å²) in [6.07, 6.45) is -8.34. The number of halogens is 7. The molecule has 4 aromatic rings. The summed E-state index contributed by atoms with van der Waals surface area (Å²) in [7, 11) is 0. The van der Waals surface area contributed by atoms with E-state index < -0.39 is 41.4 Å². The van der Waals surface area contributed by atoms with E-state index in [1.54, 1.807) is 31.2 Å². The number of benzene rings is 2. The Morgan fingerprint density at radius 2 is 1.61 bits per heavy atom. The summed E-state index contributed by atoms with van der Waals surface area (Å²) < 4.78 is 85.5. The summed E-state index contributed by atoms with van der Waals surface area (Å²) in [6, 6.07) is 7.62. The van der Waals surface area contributed by atoms with E-state index >= 15 is 0 Å². The van der Waals surface area contributed by atoms with E-state index in [4.69, 9.17) is 16.0 Å². The monoisotopic (exact) mass is 555 g/mol. The smallest absolute Gasteiger partial charge is 0.416 e. The lowest BCUT2D eigenvalue weighted by Crippen LogP contribution is -2.32. The van der Waals surface area contributed by atoms with Crippen LogP contribution in [0.4, 0.5) is 32.0 Å². The van der Waals surface area contributed by atoms with Crippen LogP contribution >= 0.6 is 11.6 Å². The predicted octanol–water partition coefficient (Wildman–Crippen LogP) is 6.30. The summed E-state index contributed by atoms with van der Waals surface area (Å²) in [4.78, 5) is 22.3. The standard InChI is InChI=1S/C24H16ClF6N5O2/c1-13-2-6-17(7-3-13)36(12-19-34-35-22(38-19)21-32-10-16(25)11-33-21)20(37)8-14-4-5-15(23(26,27)28)9-18(14)24(29,30)31/h2-7,9-11H,8,12H2,1H3. The maximum Gasteiger partial charge on any atom is 0.416 e. The first-order chi connectivity index (χ1) is 17.8. The van der Waals surface area contributed by atoms with Gasteiger partial charge in [0.2, 0.25) is 17.6 Å². The molecule has 0 unspecified atom stereocenters. The molecule has 4 rings (SSSR count). The van der Waals surface area contributed by atoms with Gasteiger partial charge < -0.3 is 9.32 Å². The summed E-state index contributed by atoms with van der Waals surface area (Å²) >= 11 is 5.76. The van der Waals surface area contributed by atoms with Crippen molar-refractivity contribution >= 4 is 23.2 Å². The number of carbonyl (C=O) groups excluding carboxylic acids is 1. The zero-order valence-corrected chi connectivity index (χ0v) is 20.1. The molecular formula is C24H16ClF6N5O2. The van der Waals surface area contributed by atoms with Crippen LogP contribution in [0.15, 0.2) is 59.3 Å². The average molecular weight is 556 g/mol. The number of alkyl halides is 6. The van der Waals surface area contributed by atoms with E-state index in [0.29, 0.717) is 17.8 Å². The van der Waals surface area contributed by atoms with Gasteiger partial charge in [0.15, 0.2) is 0 Å². The minimum Gasteiger partial charge on any atom is -0.416 e. The molecule has 0 saturated carbocycles. The highest BCUT2D eigenvalue weighted by molar-refractivity contribution is 6.30. The van der Waals surface area contributed by atoms with Gasteiger partial charge in [0.1, 0.15) is 6.54 Å². The molecule has 0 atom stereocenters. The molecule has 0 bridgehead atoms. The maximum absolute atomic E-state index is 13.6. The lowest BCUT2D eigenvalue weighted by atomic mass is 9.99. The quantitative estimate of drug-likeness (QED) is 0.260. The molecule has 0 aliphatic carbocycles. The van der Waals surface area contributed by atoms with Crippen molar-refractivity contribution in [3.05, 3.63) is 88.0 Å². The molecule has 2 aromatic heterocycles. The van der Waals surface area contributed by atoms with Crippen LogP contribution in [-0.2, 0) is 30.1 Å². The Bertz CT molecular complexity index is 1440. The largest absolute Gasteiger partial charge is 0.416 e. The number of nitrogens with zero attached hydrogens (tertiary/aromatic N) is 5. The molecule has 0 aliphatic rings. The Hall–Kier alpha value is -4.00. The van der Waals surface area contributed by atoms with Crippen molar-refractivity contribution in [2.45, 2.75) is 32.2 Å². The van der Waals surface area contributed by atoms with Crippen LogP contribution in [0.5, 0.6) is 0 Å². The highest BCUT2D eigenvalue weighted by Gasteiger charge is 2.38. The van der Waals surface area contributed by atoms with Gasteiger partial charge in [0.05, 0.1) is 22.6 Å². The summed E-state index contributed by atoms with van der Waals surface area (Å²) in [6.45, 7) is 1.45. The van der Waals surface area contributed by atoms with Gasteiger partial charge in [-0.2, -0.15) is 26.3 Å². The molecule has 0 fully saturated rings. The number of hydrogen-bond acceptors (Lipinski definition) is 6. The highest BCUT2D eigenvalue weighted by atomic mass is 35.5. The number of rotatable bonds is 6. The number of hydrogen-bond donors (Lipinski definition) is 0. The first kappa shape index (κ1) is 27.0. The van der Waals surface area contributed by atoms with Gasteiger partial charge in [-0.15, -0.1) is 10.2 Å². The Balaban J connectivity index is 1.66. The number of carbonyl (C=O) groups is 1. The zero-order valence-electron chi connectivity index (χ0n) is 19.3. The fraction of sp³-hybridized carbons (Fsp3) is 0.208. The fourth-order valence-electron chi connectivity index (χ4n) is 3.44. The van der Waals surface area contributed by atoms with Gasteiger partial charge in [0, 0.05) is 18.1 Å². The van der Waals surface area contributed by atoms with Crippen molar-refractivity contribution < 1.29 is 35.6 Å². The van der Waals surface area contributed by atoms with Gasteiger partial charge in [-0.1, -0.05) is 35.4 Å². The van der Waals surface area contributed by atoms with Gasteiger partial charge in [-0.3, -0.25) is 4.79 Å². The molecule has 38 heavy (non-hydrogen) atoms. The Morgan fingerprint density at radius 3 is 2.21 bits per heavy atom. The van der Waals surface area contributed by atoms with Crippen LogP contribution in [0.2, 0.25) is 5.02 Å². The number of aryl methyl sites for hydroxylation is 1. The summed E-state index contributed by atoms with van der Waals surface area (Å²) in [5, 5.41) is 7.95. The topological polar surface area (TPSA) is 85.0 Å². The van der Waals surface area contributed by atoms with Crippen LogP contribution < -0.4 is 4.90 Å². The van der Waals surface area contributed by atoms with E-state index in [9.17, 15) is 31.1 Å². The van der Waals surface area contributed by atoms with Crippen molar-refractivity contribution in [2.24, 2.45) is 0 Å². The molecule has 0 N–H and O–H groups in total. The minimum absolute atomic E-state index is 0.00473. The molecule has 7 nitrogen and oxygen atoms in total. The molecule has 2 aromatic carbocycles. The van der Waals surface area contributed by atoms with Crippen molar-refractivity contribution in [3.63, 3.8) is 0 Å². The van der Waals surface area contributed by atoms with E-state index in [1.165, 1.54) is 12.4 Å². The van der Waals surface area contributed by atoms with Crippen LogP contribution in [0.25, 0.3) is 11.7 Å². The van der Waals surface area contributed by atoms with Crippen LogP contribution in [0.1, 0.15) is 28.1 Å². The van der Waals surface area contributed by atoms with Crippen molar-refractivity contribution in [1.29, 1.82) is 0 Å². The molecular weight excluding hydrogens is 540 g/mol. The molecule has 0 aliphatic heterocycles. The second kappa shape index (κ2) is 10.4. The SMILES string of the molecule is Cc1ccc(N(Cc2nnc(-c3ncc(Cl)cn3)o2)C(=O)Cc2ccc(C(F)(F)F)cc2C(F)(F)F)cc1. The second-order valence-electron chi connectivity index (χ2n) is 8.09. The van der Waals surface area contributed by atoms with Crippen molar-refractivity contribution in [1.82, 2.24) is 20.2 Å². The first-order valence-corrected chi connectivity index (χ1v) is 11.1. The minimum atomic E-state index is -5.12. The highest BCUT2D eigenvalue weighted by Crippen LogP contribution is 2.37. The molecule has 0 spiro atoms. The second-order valence-corrected chi connectivity index (χ2v) is 8.52. The molecule has 14 heteroatoms. The maximum atomic E-state index is 13.6. The molecule has 1 amide bonds. The van der Waals surface area contributed by atoms with Gasteiger partial charge in [-0.25, -0.2) is 9.97 Å². The third kappa shape index (κ3) is 6.28. The summed E-state index contributed by atoms with van der Waals surface area (Å²) in [5.41, 5.74) is -2.50. The molecule has 0 saturated heterocycles. The average Bonchev–Trinajstić information content (AvgIpc) is 3.31. The van der Waals surface area contributed by atoms with Gasteiger partial charge in [0.25, 0.3) is 5.89 Å². The van der Waals surface area contributed by atoms with Crippen LogP contribution in [0, 0.1) is 6.92 Å².